The zero-order valence-electron chi connectivity index (χ0n) is 8.74. The van der Waals surface area contributed by atoms with E-state index in [1.165, 1.54) is 6.33 Å². The molecule has 0 aliphatic heterocycles. The van der Waals surface area contributed by atoms with Gasteiger partial charge in [0.15, 0.2) is 5.82 Å². The average molecular weight is 231 g/mol. The highest BCUT2D eigenvalue weighted by molar-refractivity contribution is 6.35. The van der Waals surface area contributed by atoms with Crippen molar-refractivity contribution in [3.8, 4) is 0 Å². The van der Waals surface area contributed by atoms with Crippen molar-refractivity contribution >= 4 is 23.2 Å². The number of nitrogens with two attached hydrogens (primary N) is 1. The minimum absolute atomic E-state index is 0.0572. The Morgan fingerprint density at radius 2 is 2.20 bits per heavy atom. The zero-order chi connectivity index (χ0) is 11.4. The van der Waals surface area contributed by atoms with Crippen molar-refractivity contribution in [1.29, 1.82) is 0 Å². The van der Waals surface area contributed by atoms with Gasteiger partial charge in [0, 0.05) is 12.6 Å². The molecule has 0 spiro atoms. The summed E-state index contributed by atoms with van der Waals surface area (Å²) in [4.78, 5) is 7.74. The molecule has 1 heterocycles. The molecule has 0 aliphatic carbocycles. The van der Waals surface area contributed by atoms with Crippen LogP contribution >= 0.6 is 11.6 Å². The lowest BCUT2D eigenvalue weighted by atomic mass is 10.1. The molecular weight excluding hydrogens is 216 g/mol. The van der Waals surface area contributed by atoms with E-state index in [4.69, 9.17) is 22.4 Å². The van der Waals surface area contributed by atoms with Gasteiger partial charge >= 0.3 is 0 Å². The van der Waals surface area contributed by atoms with E-state index in [1.54, 1.807) is 0 Å². The third-order valence-corrected chi connectivity index (χ3v) is 2.69. The van der Waals surface area contributed by atoms with Gasteiger partial charge in [0.2, 0.25) is 0 Å². The van der Waals surface area contributed by atoms with Crippen LogP contribution in [0.1, 0.15) is 13.8 Å². The Balaban J connectivity index is 2.76. The molecule has 0 saturated carbocycles. The van der Waals surface area contributed by atoms with Gasteiger partial charge < -0.3 is 16.2 Å². The van der Waals surface area contributed by atoms with Gasteiger partial charge in [-0.3, -0.25) is 0 Å². The second kappa shape index (κ2) is 5.14. The quantitative estimate of drug-likeness (QED) is 0.723. The number of anilines is 2. The van der Waals surface area contributed by atoms with Crippen LogP contribution in [0.4, 0.5) is 11.6 Å². The Labute approximate surface area is 93.7 Å². The van der Waals surface area contributed by atoms with Gasteiger partial charge in [0.25, 0.3) is 0 Å². The van der Waals surface area contributed by atoms with Crippen LogP contribution in [0.25, 0.3) is 0 Å². The van der Waals surface area contributed by atoms with Crippen LogP contribution in [0.5, 0.6) is 0 Å². The number of nitrogen functional groups attached to an aromatic ring is 1. The highest BCUT2D eigenvalue weighted by atomic mass is 35.5. The summed E-state index contributed by atoms with van der Waals surface area (Å²) in [6, 6.07) is 0.0572. The fourth-order valence-electron chi connectivity index (χ4n) is 1.00. The maximum Gasteiger partial charge on any atom is 0.150 e. The molecule has 4 N–H and O–H groups in total. The number of nitrogens with one attached hydrogen (secondary N) is 1. The molecule has 0 fully saturated rings. The fraction of sp³-hybridized carbons (Fsp3) is 0.556. The molecule has 2 unspecified atom stereocenters. The fourth-order valence-corrected chi connectivity index (χ4v) is 1.15. The van der Waals surface area contributed by atoms with E-state index in [2.05, 4.69) is 15.3 Å². The van der Waals surface area contributed by atoms with Crippen molar-refractivity contribution in [2.24, 2.45) is 5.92 Å². The first kappa shape index (κ1) is 12.0. The lowest BCUT2D eigenvalue weighted by Crippen LogP contribution is -2.27. The summed E-state index contributed by atoms with van der Waals surface area (Å²) in [5.41, 5.74) is 5.53. The number of halogens is 1. The molecule has 0 amide bonds. The van der Waals surface area contributed by atoms with E-state index >= 15 is 0 Å². The van der Waals surface area contributed by atoms with Crippen LogP contribution in [0.2, 0.25) is 5.02 Å². The second-order valence-corrected chi connectivity index (χ2v) is 3.89. The molecule has 15 heavy (non-hydrogen) atoms. The van der Waals surface area contributed by atoms with Crippen LogP contribution < -0.4 is 11.1 Å². The van der Waals surface area contributed by atoms with Crippen LogP contribution in [0.3, 0.4) is 0 Å². The number of aliphatic hydroxyl groups is 1. The minimum Gasteiger partial charge on any atom is -0.396 e. The van der Waals surface area contributed by atoms with Gasteiger partial charge in [0.1, 0.15) is 17.2 Å². The summed E-state index contributed by atoms with van der Waals surface area (Å²) in [7, 11) is 0. The molecule has 0 bridgehead atoms. The van der Waals surface area contributed by atoms with Crippen molar-refractivity contribution < 1.29 is 5.11 Å². The summed E-state index contributed by atoms with van der Waals surface area (Å²) in [6.45, 7) is 3.97. The van der Waals surface area contributed by atoms with E-state index in [0.29, 0.717) is 10.8 Å². The summed E-state index contributed by atoms with van der Waals surface area (Å²) < 4.78 is 0. The lowest BCUT2D eigenvalue weighted by Gasteiger charge is -2.20. The van der Waals surface area contributed by atoms with Gasteiger partial charge in [0.05, 0.1) is 0 Å². The van der Waals surface area contributed by atoms with Gasteiger partial charge in [-0.05, 0) is 12.8 Å². The van der Waals surface area contributed by atoms with Crippen molar-refractivity contribution in [3.63, 3.8) is 0 Å². The second-order valence-electron chi connectivity index (χ2n) is 3.51. The highest BCUT2D eigenvalue weighted by Crippen LogP contribution is 2.24. The Hall–Kier alpha value is -1.07. The molecule has 6 heteroatoms. The Morgan fingerprint density at radius 3 is 2.80 bits per heavy atom. The van der Waals surface area contributed by atoms with Crippen molar-refractivity contribution in [3.05, 3.63) is 11.3 Å². The van der Waals surface area contributed by atoms with Crippen LogP contribution in [0, 0.1) is 5.92 Å². The first-order valence-electron chi connectivity index (χ1n) is 4.69. The first-order chi connectivity index (χ1) is 7.06. The Bertz CT molecular complexity index is 334. The molecule has 1 rings (SSSR count). The number of hydrogen-bond acceptors (Lipinski definition) is 5. The number of nitrogens with zero attached hydrogens (tertiary/aromatic N) is 2. The molecule has 84 valence electrons. The standard InChI is InChI=1S/C9H15ClN4O/c1-5(3-15)6(2)14-9-7(10)8(11)12-4-13-9/h4-6,15H,3H2,1-2H3,(H3,11,12,13,14). The van der Waals surface area contributed by atoms with E-state index in [9.17, 15) is 0 Å². The number of hydrogen-bond donors (Lipinski definition) is 3. The molecular formula is C9H15ClN4O. The topological polar surface area (TPSA) is 84.1 Å². The largest absolute Gasteiger partial charge is 0.396 e. The highest BCUT2D eigenvalue weighted by Gasteiger charge is 2.14. The van der Waals surface area contributed by atoms with Crippen LogP contribution in [-0.4, -0.2) is 27.7 Å². The van der Waals surface area contributed by atoms with Crippen molar-refractivity contribution in [1.82, 2.24) is 9.97 Å². The zero-order valence-corrected chi connectivity index (χ0v) is 9.49. The van der Waals surface area contributed by atoms with Crippen LogP contribution in [-0.2, 0) is 0 Å². The Kier molecular flexibility index (Phi) is 4.11. The van der Waals surface area contributed by atoms with Gasteiger partial charge in [-0.2, -0.15) is 0 Å². The summed E-state index contributed by atoms with van der Waals surface area (Å²) >= 11 is 5.91. The third-order valence-electron chi connectivity index (χ3n) is 2.32. The number of aromatic nitrogens is 2. The maximum atomic E-state index is 8.98. The van der Waals surface area contributed by atoms with E-state index < -0.39 is 0 Å². The molecule has 5 nitrogen and oxygen atoms in total. The van der Waals surface area contributed by atoms with Crippen molar-refractivity contribution in [2.45, 2.75) is 19.9 Å². The van der Waals surface area contributed by atoms with Gasteiger partial charge in [-0.15, -0.1) is 0 Å². The number of aliphatic hydroxyl groups excluding tert-OH is 1. The van der Waals surface area contributed by atoms with Gasteiger partial charge in [-0.1, -0.05) is 18.5 Å². The number of rotatable bonds is 4. The van der Waals surface area contributed by atoms with Crippen LogP contribution in [0.15, 0.2) is 6.33 Å². The summed E-state index contributed by atoms with van der Waals surface area (Å²) in [6.07, 6.45) is 1.35. The SMILES string of the molecule is CC(CO)C(C)Nc1ncnc(N)c1Cl. The maximum absolute atomic E-state index is 8.98. The predicted molar refractivity (Wildman–Crippen MR) is 60.8 cm³/mol. The smallest absolute Gasteiger partial charge is 0.150 e. The Morgan fingerprint density at radius 1 is 1.53 bits per heavy atom. The molecule has 0 aliphatic rings. The van der Waals surface area contributed by atoms with Gasteiger partial charge in [-0.25, -0.2) is 9.97 Å². The molecule has 0 aromatic carbocycles. The average Bonchev–Trinajstić information content (AvgIpc) is 2.23. The summed E-state index contributed by atoms with van der Waals surface area (Å²) in [5, 5.41) is 12.4. The minimum atomic E-state index is 0.0572. The van der Waals surface area contributed by atoms with E-state index in [1.807, 2.05) is 13.8 Å². The molecule has 2 atom stereocenters. The van der Waals surface area contributed by atoms with E-state index in [-0.39, 0.29) is 24.4 Å². The molecule has 0 saturated heterocycles. The predicted octanol–water partition coefficient (Wildman–Crippen LogP) is 1.14. The monoisotopic (exact) mass is 230 g/mol. The molecule has 1 aromatic rings. The van der Waals surface area contributed by atoms with Crippen molar-refractivity contribution in [2.75, 3.05) is 17.7 Å². The molecule has 1 aromatic heterocycles. The normalized spacial score (nSPS) is 14.7. The summed E-state index contributed by atoms with van der Waals surface area (Å²) in [5.74, 6) is 0.854. The first-order valence-corrected chi connectivity index (χ1v) is 5.07. The lowest BCUT2D eigenvalue weighted by molar-refractivity contribution is 0.226. The third kappa shape index (κ3) is 2.94. The molecule has 0 radical (unpaired) electrons. The van der Waals surface area contributed by atoms with E-state index in [0.717, 1.165) is 0 Å².